The van der Waals surface area contributed by atoms with E-state index in [4.69, 9.17) is 19.4 Å². The highest BCUT2D eigenvalue weighted by molar-refractivity contribution is 7.66. The molecule has 6 N–H and O–H groups in total. The predicted molar refractivity (Wildman–Crippen MR) is 86.1 cm³/mol. The number of phosphoric acid groups is 3. The van der Waals surface area contributed by atoms with Crippen LogP contribution in [0.4, 0.5) is 0 Å². The summed E-state index contributed by atoms with van der Waals surface area (Å²) in [6.07, 6.45) is -4.96. The van der Waals surface area contributed by atoms with Gasteiger partial charge in [-0.3, -0.25) is 19.0 Å². The molecule has 0 saturated carbocycles. The Balaban J connectivity index is 2.00. The number of amides is 1. The van der Waals surface area contributed by atoms with Gasteiger partial charge in [-0.2, -0.15) is 8.62 Å². The van der Waals surface area contributed by atoms with Crippen LogP contribution in [-0.2, 0) is 41.2 Å². The van der Waals surface area contributed by atoms with Crippen LogP contribution in [0.25, 0.3) is 0 Å². The van der Waals surface area contributed by atoms with Gasteiger partial charge in [0.05, 0.1) is 13.0 Å². The molecule has 0 bridgehead atoms. The number of aliphatic hydroxyl groups excluding tert-OH is 2. The summed E-state index contributed by atoms with van der Waals surface area (Å²) in [5.41, 5.74) is 0. The second-order valence-electron chi connectivity index (χ2n) is 5.69. The first-order valence-corrected chi connectivity index (χ1v) is 11.9. The molecule has 0 aromatic heterocycles. The maximum atomic E-state index is 11.8. The molecule has 19 heteroatoms. The summed E-state index contributed by atoms with van der Waals surface area (Å²) in [5, 5.41) is 20.0. The lowest BCUT2D eigenvalue weighted by atomic mass is 10.1. The van der Waals surface area contributed by atoms with Crippen LogP contribution < -0.4 is 0 Å². The van der Waals surface area contributed by atoms with Gasteiger partial charge in [0, 0.05) is 6.20 Å². The van der Waals surface area contributed by atoms with Crippen molar-refractivity contribution in [2.45, 2.75) is 31.0 Å². The molecule has 166 valence electrons. The SMILES string of the molecule is O=C1C=CN([C@H]2O[C@H](COP(=O)(O)OP(=O)(O)OP(=O)(O)O)[C@@H](O)[C@H]2O)C(=O)C1. The number of phosphoric ester groups is 1. The summed E-state index contributed by atoms with van der Waals surface area (Å²) in [7, 11) is -16.7. The Labute approximate surface area is 161 Å². The van der Waals surface area contributed by atoms with Gasteiger partial charge in [-0.25, -0.2) is 13.7 Å². The minimum absolute atomic E-state index is 0.497. The van der Waals surface area contributed by atoms with Crippen molar-refractivity contribution in [2.75, 3.05) is 6.61 Å². The molecule has 0 aliphatic carbocycles. The highest BCUT2D eigenvalue weighted by Crippen LogP contribution is 2.66. The molecule has 2 unspecified atom stereocenters. The predicted octanol–water partition coefficient (Wildman–Crippen LogP) is -1.91. The second kappa shape index (κ2) is 8.73. The molecule has 2 aliphatic rings. The number of ketones is 1. The van der Waals surface area contributed by atoms with Gasteiger partial charge in [-0.1, -0.05) is 0 Å². The topological polar surface area (TPSA) is 247 Å². The highest BCUT2D eigenvalue weighted by atomic mass is 31.3. The van der Waals surface area contributed by atoms with Crippen LogP contribution in [0.2, 0.25) is 0 Å². The molecule has 2 heterocycles. The van der Waals surface area contributed by atoms with Gasteiger partial charge in [-0.15, -0.1) is 0 Å². The number of allylic oxidation sites excluding steroid dienone is 1. The third-order valence-electron chi connectivity index (χ3n) is 3.46. The van der Waals surface area contributed by atoms with Crippen LogP contribution in [-0.4, -0.2) is 77.5 Å². The molecule has 1 saturated heterocycles. The Morgan fingerprint density at radius 3 is 2.21 bits per heavy atom. The van der Waals surface area contributed by atoms with Gasteiger partial charge in [0.2, 0.25) is 5.91 Å². The fraction of sp³-hybridized carbons (Fsp3) is 0.600. The van der Waals surface area contributed by atoms with Crippen LogP contribution in [0, 0.1) is 0 Å². The van der Waals surface area contributed by atoms with Gasteiger partial charge < -0.3 is 34.5 Å². The average Bonchev–Trinajstić information content (AvgIpc) is 2.78. The Kier molecular flexibility index (Phi) is 7.36. The molecule has 0 radical (unpaired) electrons. The van der Waals surface area contributed by atoms with Gasteiger partial charge in [0.15, 0.2) is 12.0 Å². The van der Waals surface area contributed by atoms with Crippen molar-refractivity contribution in [2.24, 2.45) is 0 Å². The molecule has 1 fully saturated rings. The zero-order valence-electron chi connectivity index (χ0n) is 14.0. The fourth-order valence-electron chi connectivity index (χ4n) is 2.34. The van der Waals surface area contributed by atoms with Gasteiger partial charge in [0.1, 0.15) is 18.3 Å². The molecule has 0 aromatic rings. The van der Waals surface area contributed by atoms with E-state index < -0.39 is 72.7 Å². The summed E-state index contributed by atoms with van der Waals surface area (Å²) in [5.74, 6) is -1.24. The number of carbonyl (C=O) groups excluding carboxylic acids is 2. The van der Waals surface area contributed by atoms with Crippen LogP contribution in [0.3, 0.4) is 0 Å². The van der Waals surface area contributed by atoms with E-state index in [1.807, 2.05) is 0 Å². The molecular weight excluding hydrogens is 467 g/mol. The van der Waals surface area contributed by atoms with E-state index in [0.29, 0.717) is 0 Å². The highest BCUT2D eigenvalue weighted by Gasteiger charge is 2.48. The molecule has 1 amide bonds. The van der Waals surface area contributed by atoms with Crippen molar-refractivity contribution < 1.29 is 71.0 Å². The third kappa shape index (κ3) is 6.84. The quantitative estimate of drug-likeness (QED) is 0.163. The van der Waals surface area contributed by atoms with E-state index in [1.54, 1.807) is 0 Å². The minimum Gasteiger partial charge on any atom is -0.387 e. The fourth-order valence-corrected chi connectivity index (χ4v) is 5.37. The summed E-state index contributed by atoms with van der Waals surface area (Å²) in [4.78, 5) is 59.1. The normalized spacial score (nSPS) is 32.3. The number of hydrogen-bond donors (Lipinski definition) is 6. The molecular formula is C10H16NO15P3. The lowest BCUT2D eigenvalue weighted by Crippen LogP contribution is -2.46. The van der Waals surface area contributed by atoms with Crippen molar-refractivity contribution in [1.29, 1.82) is 0 Å². The lowest BCUT2D eigenvalue weighted by Gasteiger charge is -2.28. The molecule has 6 atom stereocenters. The zero-order valence-corrected chi connectivity index (χ0v) is 16.7. The summed E-state index contributed by atoms with van der Waals surface area (Å²) in [6, 6.07) is 0. The van der Waals surface area contributed by atoms with Crippen LogP contribution >= 0.6 is 23.5 Å². The van der Waals surface area contributed by atoms with E-state index in [2.05, 4.69) is 13.1 Å². The van der Waals surface area contributed by atoms with Gasteiger partial charge >= 0.3 is 23.5 Å². The number of hydrogen-bond acceptors (Lipinski definition) is 11. The number of rotatable bonds is 8. The molecule has 2 aliphatic heterocycles. The van der Waals surface area contributed by atoms with Crippen LogP contribution in [0.15, 0.2) is 12.3 Å². The Hall–Kier alpha value is -0.830. The second-order valence-corrected chi connectivity index (χ2v) is 10.1. The molecule has 29 heavy (non-hydrogen) atoms. The standard InChI is InChI=1S/C10H16NO15P3/c12-5-1-2-11(7(13)3-5)10-9(15)8(14)6(24-10)4-23-28(19,20)26-29(21,22)25-27(16,17)18/h1-2,6,8-10,14-15H,3-4H2,(H,19,20)(H,21,22)(H2,16,17,18)/t6-,8-,9-,10+/m1/s1. The van der Waals surface area contributed by atoms with Crippen molar-refractivity contribution in [1.82, 2.24) is 4.90 Å². The van der Waals surface area contributed by atoms with Gasteiger partial charge in [0.25, 0.3) is 0 Å². The number of carbonyl (C=O) groups is 2. The van der Waals surface area contributed by atoms with Crippen molar-refractivity contribution in [3.05, 3.63) is 12.3 Å². The van der Waals surface area contributed by atoms with E-state index in [0.717, 1.165) is 17.2 Å². The maximum absolute atomic E-state index is 11.8. The minimum atomic E-state index is -5.72. The van der Waals surface area contributed by atoms with Crippen molar-refractivity contribution in [3.8, 4) is 0 Å². The zero-order chi connectivity index (χ0) is 22.2. The van der Waals surface area contributed by atoms with Crippen LogP contribution in [0.5, 0.6) is 0 Å². The number of aliphatic hydroxyl groups is 2. The van der Waals surface area contributed by atoms with Crippen molar-refractivity contribution in [3.63, 3.8) is 0 Å². The molecule has 16 nitrogen and oxygen atoms in total. The Morgan fingerprint density at radius 1 is 1.03 bits per heavy atom. The number of nitrogens with zero attached hydrogens (tertiary/aromatic N) is 1. The van der Waals surface area contributed by atoms with Crippen LogP contribution in [0.1, 0.15) is 6.42 Å². The first-order chi connectivity index (χ1) is 13.1. The van der Waals surface area contributed by atoms with Gasteiger partial charge in [-0.05, 0) is 6.08 Å². The first kappa shape index (κ1) is 24.4. The number of ether oxygens (including phenoxy) is 1. The largest absolute Gasteiger partial charge is 0.490 e. The lowest BCUT2D eigenvalue weighted by molar-refractivity contribution is -0.148. The van der Waals surface area contributed by atoms with E-state index >= 15 is 0 Å². The average molecular weight is 483 g/mol. The summed E-state index contributed by atoms with van der Waals surface area (Å²) >= 11 is 0. The van der Waals surface area contributed by atoms with E-state index in [-0.39, 0.29) is 0 Å². The third-order valence-corrected chi connectivity index (χ3v) is 7.27. The van der Waals surface area contributed by atoms with Crippen molar-refractivity contribution >= 4 is 35.2 Å². The Morgan fingerprint density at radius 2 is 1.66 bits per heavy atom. The monoisotopic (exact) mass is 483 g/mol. The smallest absolute Gasteiger partial charge is 0.387 e. The maximum Gasteiger partial charge on any atom is 0.490 e. The molecule has 0 aromatic carbocycles. The van der Waals surface area contributed by atoms with E-state index in [1.165, 1.54) is 0 Å². The molecule has 2 rings (SSSR count). The Bertz CT molecular complexity index is 836. The van der Waals surface area contributed by atoms with E-state index in [9.17, 15) is 38.4 Å². The molecule has 0 spiro atoms. The summed E-state index contributed by atoms with van der Waals surface area (Å²) in [6.45, 7) is -1.02. The summed E-state index contributed by atoms with van der Waals surface area (Å²) < 4.78 is 50.0. The first-order valence-electron chi connectivity index (χ1n) is 7.42.